The molecule has 4 rings (SSSR count). The van der Waals surface area contributed by atoms with Crippen molar-refractivity contribution < 1.29 is 23.8 Å². The number of ether oxygens (including phenoxy) is 2. The number of amides is 1. The number of benzene rings is 1. The second-order valence-electron chi connectivity index (χ2n) is 13.3. The molecular formula is C28H45NO5Si. The molecule has 1 aliphatic heterocycles. The van der Waals surface area contributed by atoms with Crippen molar-refractivity contribution in [3.63, 3.8) is 0 Å². The Labute approximate surface area is 212 Å². The Kier molecular flexibility index (Phi) is 7.32. The summed E-state index contributed by atoms with van der Waals surface area (Å²) in [6, 6.07) is 9.25. The number of carbonyl (C=O) groups excluding carboxylic acids is 1. The lowest BCUT2D eigenvalue weighted by atomic mass is 9.89. The first kappa shape index (κ1) is 26.8. The average molecular weight is 504 g/mol. The van der Waals surface area contributed by atoms with Crippen molar-refractivity contribution in [3.8, 4) is 0 Å². The van der Waals surface area contributed by atoms with Crippen LogP contribution in [0.5, 0.6) is 0 Å². The molecule has 1 amide bonds. The predicted molar refractivity (Wildman–Crippen MR) is 139 cm³/mol. The van der Waals surface area contributed by atoms with Crippen LogP contribution in [-0.2, 0) is 18.7 Å². The summed E-state index contributed by atoms with van der Waals surface area (Å²) in [6.45, 7) is 16.8. The van der Waals surface area contributed by atoms with E-state index in [0.717, 1.165) is 24.8 Å². The monoisotopic (exact) mass is 503 g/mol. The quantitative estimate of drug-likeness (QED) is 0.532. The molecule has 2 N–H and O–H groups in total. The van der Waals surface area contributed by atoms with Crippen LogP contribution in [0, 0.1) is 23.2 Å². The molecular weight excluding hydrogens is 458 g/mol. The fourth-order valence-corrected chi connectivity index (χ4v) is 7.11. The van der Waals surface area contributed by atoms with Gasteiger partial charge in [0, 0.05) is 18.3 Å². The van der Waals surface area contributed by atoms with Crippen molar-refractivity contribution in [2.24, 2.45) is 23.2 Å². The van der Waals surface area contributed by atoms with Crippen LogP contribution in [0.1, 0.15) is 65.5 Å². The van der Waals surface area contributed by atoms with Gasteiger partial charge in [-0.25, -0.2) is 0 Å². The zero-order chi connectivity index (χ0) is 25.6. The van der Waals surface area contributed by atoms with Gasteiger partial charge in [-0.2, -0.15) is 0 Å². The summed E-state index contributed by atoms with van der Waals surface area (Å²) in [5.41, 5.74) is 0.918. The third kappa shape index (κ3) is 5.54. The number of rotatable bonds is 6. The summed E-state index contributed by atoms with van der Waals surface area (Å²) >= 11 is 0. The first-order chi connectivity index (χ1) is 16.3. The molecule has 5 unspecified atom stereocenters. The third-order valence-electron chi connectivity index (χ3n) is 8.83. The minimum Gasteiger partial charge on any atom is -0.413 e. The molecule has 6 nitrogen and oxygen atoms in total. The molecule has 0 radical (unpaired) electrons. The van der Waals surface area contributed by atoms with E-state index in [0.29, 0.717) is 19.1 Å². The van der Waals surface area contributed by atoms with Gasteiger partial charge in [0.15, 0.2) is 14.1 Å². The zero-order valence-electron chi connectivity index (χ0n) is 22.6. The van der Waals surface area contributed by atoms with Crippen molar-refractivity contribution in [2.75, 3.05) is 19.8 Å². The van der Waals surface area contributed by atoms with E-state index in [2.05, 4.69) is 53.0 Å². The summed E-state index contributed by atoms with van der Waals surface area (Å²) in [6.07, 6.45) is 2.26. The highest BCUT2D eigenvalue weighted by Gasteiger charge is 2.60. The van der Waals surface area contributed by atoms with E-state index in [1.165, 1.54) is 0 Å². The van der Waals surface area contributed by atoms with E-state index < -0.39 is 20.1 Å². The van der Waals surface area contributed by atoms with Gasteiger partial charge in [0.25, 0.3) is 0 Å². The Morgan fingerprint density at radius 1 is 1.17 bits per heavy atom. The normalized spacial score (nSPS) is 30.7. The van der Waals surface area contributed by atoms with Crippen LogP contribution in [0.15, 0.2) is 30.3 Å². The van der Waals surface area contributed by atoms with Gasteiger partial charge in [-0.15, -0.1) is 0 Å². The molecule has 0 aromatic heterocycles. The summed E-state index contributed by atoms with van der Waals surface area (Å²) < 4.78 is 19.6. The van der Waals surface area contributed by atoms with E-state index >= 15 is 0 Å². The largest absolute Gasteiger partial charge is 0.413 e. The van der Waals surface area contributed by atoms with Crippen molar-refractivity contribution in [1.82, 2.24) is 5.32 Å². The SMILES string of the molecule is CC1(C)COC2(CC3CC(O[Si](C)(C)C(C)(C)C)C(C(=O)NC(CO)c4ccccc4)C3C2)OC1. The lowest BCUT2D eigenvalue weighted by Gasteiger charge is -2.43. The molecule has 3 fully saturated rings. The van der Waals surface area contributed by atoms with Gasteiger partial charge in [0.05, 0.1) is 37.9 Å². The lowest BCUT2D eigenvalue weighted by molar-refractivity contribution is -0.298. The van der Waals surface area contributed by atoms with Gasteiger partial charge in [-0.1, -0.05) is 65.0 Å². The average Bonchev–Trinajstić information content (AvgIpc) is 3.27. The van der Waals surface area contributed by atoms with Crippen LogP contribution in [0.25, 0.3) is 0 Å². The minimum atomic E-state index is -2.08. The van der Waals surface area contributed by atoms with Crippen LogP contribution in [0.3, 0.4) is 0 Å². The minimum absolute atomic E-state index is 0.0116. The molecule has 5 atom stereocenters. The van der Waals surface area contributed by atoms with Gasteiger partial charge < -0.3 is 24.3 Å². The maximum atomic E-state index is 13.9. The first-order valence-corrected chi connectivity index (χ1v) is 16.1. The highest BCUT2D eigenvalue weighted by atomic mass is 28.4. The fraction of sp³-hybridized carbons (Fsp3) is 0.750. The Bertz CT molecular complexity index is 886. The molecule has 35 heavy (non-hydrogen) atoms. The van der Waals surface area contributed by atoms with E-state index in [9.17, 15) is 9.90 Å². The Hall–Kier alpha value is -1.25. The zero-order valence-corrected chi connectivity index (χ0v) is 23.6. The van der Waals surface area contributed by atoms with Gasteiger partial charge in [-0.3, -0.25) is 4.79 Å². The molecule has 2 aliphatic carbocycles. The van der Waals surface area contributed by atoms with E-state index in [-0.39, 0.29) is 40.9 Å². The number of aliphatic hydroxyl groups excluding tert-OH is 1. The lowest BCUT2D eigenvalue weighted by Crippen LogP contribution is -2.50. The number of fused-ring (bicyclic) bond motifs is 1. The van der Waals surface area contributed by atoms with Crippen molar-refractivity contribution in [3.05, 3.63) is 35.9 Å². The molecule has 1 heterocycles. The molecule has 3 aliphatic rings. The second kappa shape index (κ2) is 9.56. The maximum Gasteiger partial charge on any atom is 0.226 e. The number of nitrogens with one attached hydrogen (secondary N) is 1. The Morgan fingerprint density at radius 3 is 2.37 bits per heavy atom. The van der Waals surface area contributed by atoms with Crippen molar-refractivity contribution in [1.29, 1.82) is 0 Å². The van der Waals surface area contributed by atoms with Crippen LogP contribution in [0.2, 0.25) is 18.1 Å². The topological polar surface area (TPSA) is 77.0 Å². The van der Waals surface area contributed by atoms with E-state index in [4.69, 9.17) is 13.9 Å². The van der Waals surface area contributed by atoms with Gasteiger partial charge in [-0.05, 0) is 42.0 Å². The van der Waals surface area contributed by atoms with Crippen molar-refractivity contribution in [2.45, 2.75) is 89.9 Å². The molecule has 1 aromatic rings. The van der Waals surface area contributed by atoms with Crippen LogP contribution in [0.4, 0.5) is 0 Å². The van der Waals surface area contributed by atoms with Crippen molar-refractivity contribution >= 4 is 14.2 Å². The predicted octanol–water partition coefficient (Wildman–Crippen LogP) is 5.04. The van der Waals surface area contributed by atoms with E-state index in [1.54, 1.807) is 0 Å². The van der Waals surface area contributed by atoms with Crippen LogP contribution in [-0.4, -0.2) is 51.0 Å². The molecule has 0 bridgehead atoms. The van der Waals surface area contributed by atoms with Gasteiger partial charge in [0.2, 0.25) is 5.91 Å². The number of hydrogen-bond donors (Lipinski definition) is 2. The summed E-state index contributed by atoms with van der Waals surface area (Å²) in [4.78, 5) is 13.9. The first-order valence-electron chi connectivity index (χ1n) is 13.2. The smallest absolute Gasteiger partial charge is 0.226 e. The van der Waals surface area contributed by atoms with Crippen LogP contribution >= 0.6 is 0 Å². The molecule has 196 valence electrons. The Morgan fingerprint density at radius 2 is 1.80 bits per heavy atom. The molecule has 7 heteroatoms. The highest BCUT2D eigenvalue weighted by Crippen LogP contribution is 2.56. The number of carbonyl (C=O) groups is 1. The Balaban J connectivity index is 1.57. The number of aliphatic hydroxyl groups is 1. The van der Waals surface area contributed by atoms with Gasteiger partial charge in [0.1, 0.15) is 0 Å². The van der Waals surface area contributed by atoms with E-state index in [1.807, 2.05) is 30.3 Å². The van der Waals surface area contributed by atoms with Crippen LogP contribution < -0.4 is 5.32 Å². The highest BCUT2D eigenvalue weighted by molar-refractivity contribution is 6.74. The molecule has 1 saturated heterocycles. The molecule has 1 spiro atoms. The maximum absolute atomic E-state index is 13.9. The molecule has 2 saturated carbocycles. The summed E-state index contributed by atoms with van der Waals surface area (Å²) in [5.74, 6) is -0.431. The summed E-state index contributed by atoms with van der Waals surface area (Å²) in [7, 11) is -2.08. The summed E-state index contributed by atoms with van der Waals surface area (Å²) in [5, 5.41) is 13.3. The second-order valence-corrected chi connectivity index (χ2v) is 18.1. The third-order valence-corrected chi connectivity index (χ3v) is 13.3. The number of hydrogen-bond acceptors (Lipinski definition) is 5. The van der Waals surface area contributed by atoms with Gasteiger partial charge >= 0.3 is 0 Å². The standard InChI is InChI=1S/C28H45NO5Si/c1-26(2,3)35(6,7)34-23-13-20-14-28(32-17-27(4,5)18-33-28)15-21(20)24(23)25(31)29-22(16-30)19-11-9-8-10-12-19/h8-12,20-24,30H,13-18H2,1-7H3,(H,29,31). The fourth-order valence-electron chi connectivity index (χ4n) is 5.76. The molecule has 1 aromatic carbocycles.